The normalized spacial score (nSPS) is 11.5. The highest BCUT2D eigenvalue weighted by Gasteiger charge is 2.33. The standard InChI is InChI=1S/C8H5F4NO2/c9-6-2-1-3-7(13(14)15)5(6)4-8(10,11)12/h1-3H,4H2. The van der Waals surface area contributed by atoms with Crippen LogP contribution in [0.15, 0.2) is 18.2 Å². The molecule has 1 aromatic rings. The summed E-state index contributed by atoms with van der Waals surface area (Å²) < 4.78 is 48.9. The van der Waals surface area contributed by atoms with Gasteiger partial charge in [0.1, 0.15) is 5.82 Å². The summed E-state index contributed by atoms with van der Waals surface area (Å²) in [4.78, 5) is 9.29. The van der Waals surface area contributed by atoms with Crippen LogP contribution in [0.5, 0.6) is 0 Å². The fourth-order valence-electron chi connectivity index (χ4n) is 1.09. The van der Waals surface area contributed by atoms with Crippen LogP contribution in [-0.2, 0) is 6.42 Å². The highest BCUT2D eigenvalue weighted by molar-refractivity contribution is 5.41. The van der Waals surface area contributed by atoms with E-state index in [1.165, 1.54) is 0 Å². The molecule has 0 amide bonds. The van der Waals surface area contributed by atoms with Crippen molar-refractivity contribution in [1.82, 2.24) is 0 Å². The van der Waals surface area contributed by atoms with E-state index in [2.05, 4.69) is 0 Å². The van der Waals surface area contributed by atoms with Crippen LogP contribution in [0.2, 0.25) is 0 Å². The molecule has 0 aromatic heterocycles. The van der Waals surface area contributed by atoms with Crippen molar-refractivity contribution < 1.29 is 22.5 Å². The van der Waals surface area contributed by atoms with Gasteiger partial charge in [0.15, 0.2) is 0 Å². The molecule has 0 atom stereocenters. The highest BCUT2D eigenvalue weighted by atomic mass is 19.4. The summed E-state index contributed by atoms with van der Waals surface area (Å²) in [6, 6.07) is 2.59. The van der Waals surface area contributed by atoms with Crippen LogP contribution >= 0.6 is 0 Å². The smallest absolute Gasteiger partial charge is 0.258 e. The maximum absolute atomic E-state index is 12.9. The van der Waals surface area contributed by atoms with Gasteiger partial charge in [-0.1, -0.05) is 6.07 Å². The Morgan fingerprint density at radius 3 is 2.40 bits per heavy atom. The molecule has 0 heterocycles. The number of alkyl halides is 3. The number of hydrogen-bond acceptors (Lipinski definition) is 2. The molecule has 3 nitrogen and oxygen atoms in total. The Hall–Kier alpha value is -1.66. The van der Waals surface area contributed by atoms with Crippen molar-refractivity contribution in [3.63, 3.8) is 0 Å². The topological polar surface area (TPSA) is 43.1 Å². The molecule has 0 bridgehead atoms. The van der Waals surface area contributed by atoms with E-state index >= 15 is 0 Å². The number of benzene rings is 1. The van der Waals surface area contributed by atoms with Gasteiger partial charge in [-0.2, -0.15) is 13.2 Å². The van der Waals surface area contributed by atoms with Gasteiger partial charge in [-0.25, -0.2) is 4.39 Å². The Labute approximate surface area is 81.5 Å². The van der Waals surface area contributed by atoms with Crippen molar-refractivity contribution in [2.75, 3.05) is 0 Å². The lowest BCUT2D eigenvalue weighted by molar-refractivity contribution is -0.386. The number of rotatable bonds is 2. The zero-order chi connectivity index (χ0) is 11.6. The Balaban J connectivity index is 3.19. The first-order valence-corrected chi connectivity index (χ1v) is 3.80. The molecule has 82 valence electrons. The lowest BCUT2D eigenvalue weighted by Gasteiger charge is -2.07. The fourth-order valence-corrected chi connectivity index (χ4v) is 1.09. The van der Waals surface area contributed by atoms with Crippen LogP contribution in [0.3, 0.4) is 0 Å². The van der Waals surface area contributed by atoms with Crippen LogP contribution in [0.4, 0.5) is 23.2 Å². The van der Waals surface area contributed by atoms with Gasteiger partial charge < -0.3 is 0 Å². The van der Waals surface area contributed by atoms with Crippen molar-refractivity contribution in [2.24, 2.45) is 0 Å². The third-order valence-electron chi connectivity index (χ3n) is 1.67. The van der Waals surface area contributed by atoms with Gasteiger partial charge in [0.25, 0.3) is 5.69 Å². The van der Waals surface area contributed by atoms with Crippen LogP contribution in [0.1, 0.15) is 5.56 Å². The average molecular weight is 223 g/mol. The minimum Gasteiger partial charge on any atom is -0.258 e. The van der Waals surface area contributed by atoms with Gasteiger partial charge >= 0.3 is 6.18 Å². The molecule has 1 aromatic carbocycles. The Morgan fingerprint density at radius 2 is 1.93 bits per heavy atom. The van der Waals surface area contributed by atoms with Crippen LogP contribution in [0.25, 0.3) is 0 Å². The van der Waals surface area contributed by atoms with E-state index in [0.717, 1.165) is 18.2 Å². The summed E-state index contributed by atoms with van der Waals surface area (Å²) >= 11 is 0. The minimum atomic E-state index is -4.67. The van der Waals surface area contributed by atoms with Gasteiger partial charge in [0.05, 0.1) is 16.9 Å². The van der Waals surface area contributed by atoms with Crippen molar-refractivity contribution in [1.29, 1.82) is 0 Å². The first kappa shape index (κ1) is 11.4. The van der Waals surface area contributed by atoms with E-state index in [-0.39, 0.29) is 0 Å². The summed E-state index contributed by atoms with van der Waals surface area (Å²) in [5, 5.41) is 10.3. The first-order valence-electron chi connectivity index (χ1n) is 3.80. The fraction of sp³-hybridized carbons (Fsp3) is 0.250. The molecule has 0 fully saturated rings. The Morgan fingerprint density at radius 1 is 1.33 bits per heavy atom. The van der Waals surface area contributed by atoms with E-state index in [1.807, 2.05) is 0 Å². The zero-order valence-corrected chi connectivity index (χ0v) is 7.21. The molecule has 7 heteroatoms. The van der Waals surface area contributed by atoms with E-state index in [1.54, 1.807) is 0 Å². The second-order valence-electron chi connectivity index (χ2n) is 2.79. The number of halogens is 4. The molecule has 0 saturated heterocycles. The van der Waals surface area contributed by atoms with Gasteiger partial charge in [0.2, 0.25) is 0 Å². The number of nitro groups is 1. The number of nitro benzene ring substituents is 1. The second kappa shape index (κ2) is 3.84. The molecule has 1 rings (SSSR count). The number of hydrogen-bond donors (Lipinski definition) is 0. The third-order valence-corrected chi connectivity index (χ3v) is 1.67. The van der Waals surface area contributed by atoms with Crippen LogP contribution in [0, 0.1) is 15.9 Å². The molecule has 0 aliphatic carbocycles. The third kappa shape index (κ3) is 2.90. The molecule has 0 aliphatic rings. The minimum absolute atomic E-state index is 0.758. The molecule has 0 radical (unpaired) electrons. The molecule has 0 spiro atoms. The molecule has 0 aliphatic heterocycles. The summed E-state index contributed by atoms with van der Waals surface area (Å²) in [6.07, 6.45) is -6.32. The summed E-state index contributed by atoms with van der Waals surface area (Å²) in [7, 11) is 0. The van der Waals surface area contributed by atoms with Crippen molar-refractivity contribution in [3.8, 4) is 0 Å². The van der Waals surface area contributed by atoms with Gasteiger partial charge in [0, 0.05) is 6.07 Å². The molecule has 0 saturated carbocycles. The molecular formula is C8H5F4NO2. The summed E-state index contributed by atoms with van der Waals surface area (Å²) in [5.74, 6) is -1.22. The second-order valence-corrected chi connectivity index (χ2v) is 2.79. The summed E-state index contributed by atoms with van der Waals surface area (Å²) in [5.41, 5.74) is -1.79. The lowest BCUT2D eigenvalue weighted by atomic mass is 10.1. The molecule has 0 N–H and O–H groups in total. The lowest BCUT2D eigenvalue weighted by Crippen LogP contribution is -2.14. The van der Waals surface area contributed by atoms with E-state index in [9.17, 15) is 27.7 Å². The van der Waals surface area contributed by atoms with Crippen LogP contribution < -0.4 is 0 Å². The van der Waals surface area contributed by atoms with Crippen molar-refractivity contribution in [3.05, 3.63) is 39.7 Å². The average Bonchev–Trinajstić information content (AvgIpc) is 2.05. The van der Waals surface area contributed by atoms with Crippen molar-refractivity contribution in [2.45, 2.75) is 12.6 Å². The van der Waals surface area contributed by atoms with Gasteiger partial charge in [-0.3, -0.25) is 10.1 Å². The van der Waals surface area contributed by atoms with E-state index in [4.69, 9.17) is 0 Å². The Bertz CT molecular complexity index is 389. The summed E-state index contributed by atoms with van der Waals surface area (Å²) in [6.45, 7) is 0. The first-order chi connectivity index (χ1) is 6.81. The number of nitrogens with zero attached hydrogens (tertiary/aromatic N) is 1. The predicted octanol–water partition coefficient (Wildman–Crippen LogP) is 2.84. The van der Waals surface area contributed by atoms with Crippen LogP contribution in [-0.4, -0.2) is 11.1 Å². The van der Waals surface area contributed by atoms with E-state index in [0.29, 0.717) is 0 Å². The predicted molar refractivity (Wildman–Crippen MR) is 42.8 cm³/mol. The molecular weight excluding hydrogens is 218 g/mol. The quantitative estimate of drug-likeness (QED) is 0.439. The molecule has 0 unspecified atom stereocenters. The maximum atomic E-state index is 12.9. The largest absolute Gasteiger partial charge is 0.393 e. The highest BCUT2D eigenvalue weighted by Crippen LogP contribution is 2.29. The molecule has 15 heavy (non-hydrogen) atoms. The van der Waals surface area contributed by atoms with Gasteiger partial charge in [-0.15, -0.1) is 0 Å². The van der Waals surface area contributed by atoms with E-state index < -0.39 is 34.6 Å². The monoisotopic (exact) mass is 223 g/mol. The maximum Gasteiger partial charge on any atom is 0.393 e. The SMILES string of the molecule is O=[N+]([O-])c1cccc(F)c1CC(F)(F)F. The zero-order valence-electron chi connectivity index (χ0n) is 7.21. The van der Waals surface area contributed by atoms with Crippen molar-refractivity contribution >= 4 is 5.69 Å². The Kier molecular flexibility index (Phi) is 2.92. The van der Waals surface area contributed by atoms with Gasteiger partial charge in [-0.05, 0) is 6.07 Å².